The van der Waals surface area contributed by atoms with E-state index < -0.39 is 22.0 Å². The lowest BCUT2D eigenvalue weighted by Crippen LogP contribution is -2.35. The molecule has 0 aliphatic carbocycles. The molecular weight excluding hydrogens is 262 g/mol. The van der Waals surface area contributed by atoms with Crippen LogP contribution in [0.2, 0.25) is 0 Å². The van der Waals surface area contributed by atoms with E-state index in [-0.39, 0.29) is 18.7 Å². The summed E-state index contributed by atoms with van der Waals surface area (Å²) in [4.78, 5) is 10.8. The standard InChI is InChI=1S/C10H18O6S.H3N/c1-5-9(11)15-7-6-8(2)10(3,4)16-17(12,13)14;/h5,8H,1,6-7H2,2-4H3,(H,12,13,14);1H3. The highest BCUT2D eigenvalue weighted by molar-refractivity contribution is 7.80. The Balaban J connectivity index is 0. The fraction of sp³-hybridized carbons (Fsp3) is 0.700. The molecule has 0 aromatic rings. The van der Waals surface area contributed by atoms with Gasteiger partial charge in [0.05, 0.1) is 12.2 Å². The van der Waals surface area contributed by atoms with Crippen LogP contribution in [0.15, 0.2) is 12.7 Å². The van der Waals surface area contributed by atoms with E-state index in [1.807, 2.05) is 0 Å². The predicted octanol–water partition coefficient (Wildman–Crippen LogP) is 1.37. The van der Waals surface area contributed by atoms with Gasteiger partial charge >= 0.3 is 5.97 Å². The maximum Gasteiger partial charge on any atom is 0.330 e. The molecule has 0 saturated heterocycles. The smallest absolute Gasteiger partial charge is 0.330 e. The highest BCUT2D eigenvalue weighted by Crippen LogP contribution is 2.25. The van der Waals surface area contributed by atoms with Gasteiger partial charge in [0.15, 0.2) is 0 Å². The third-order valence-corrected chi connectivity index (χ3v) is 3.10. The number of carbonyl (C=O) groups is 1. The molecule has 18 heavy (non-hydrogen) atoms. The summed E-state index contributed by atoms with van der Waals surface area (Å²) < 4.78 is 40.7. The van der Waals surface area contributed by atoms with E-state index in [0.717, 1.165) is 6.08 Å². The summed E-state index contributed by atoms with van der Waals surface area (Å²) in [5, 5.41) is 0. The fourth-order valence-electron chi connectivity index (χ4n) is 1.09. The number of carbonyl (C=O) groups excluding carboxylic acids is 1. The molecule has 0 aromatic heterocycles. The SMILES string of the molecule is C=CC(=O)OCCC(C)C(C)(C)OS(=O)(=O)[O-].[NH4+]. The maximum absolute atomic E-state index is 10.8. The molecule has 108 valence electrons. The minimum Gasteiger partial charge on any atom is -0.726 e. The number of ether oxygens (including phenoxy) is 1. The number of hydrogen-bond acceptors (Lipinski definition) is 6. The Hall–Kier alpha value is -0.960. The topological polar surface area (TPSA) is 129 Å². The van der Waals surface area contributed by atoms with E-state index in [2.05, 4.69) is 10.8 Å². The van der Waals surface area contributed by atoms with E-state index in [1.54, 1.807) is 6.92 Å². The number of rotatable bonds is 7. The zero-order valence-electron chi connectivity index (χ0n) is 11.1. The lowest BCUT2D eigenvalue weighted by molar-refractivity contribution is -0.138. The van der Waals surface area contributed by atoms with Gasteiger partial charge < -0.3 is 15.4 Å². The van der Waals surface area contributed by atoms with Gasteiger partial charge in [0.1, 0.15) is 0 Å². The van der Waals surface area contributed by atoms with Gasteiger partial charge in [-0.3, -0.25) is 4.18 Å². The molecule has 0 radical (unpaired) electrons. The molecule has 0 spiro atoms. The van der Waals surface area contributed by atoms with Crippen molar-refractivity contribution in [3.8, 4) is 0 Å². The van der Waals surface area contributed by atoms with Gasteiger partial charge in [0.2, 0.25) is 10.4 Å². The summed E-state index contributed by atoms with van der Waals surface area (Å²) in [5.74, 6) is -0.823. The van der Waals surface area contributed by atoms with Crippen LogP contribution in [-0.4, -0.2) is 31.1 Å². The van der Waals surface area contributed by atoms with Crippen molar-refractivity contribution in [2.24, 2.45) is 5.92 Å². The number of hydrogen-bond donors (Lipinski definition) is 1. The second kappa shape index (κ2) is 7.47. The third kappa shape index (κ3) is 8.18. The van der Waals surface area contributed by atoms with Crippen molar-refractivity contribution in [1.29, 1.82) is 0 Å². The van der Waals surface area contributed by atoms with Crippen LogP contribution in [0.1, 0.15) is 27.2 Å². The third-order valence-electron chi connectivity index (χ3n) is 2.47. The summed E-state index contributed by atoms with van der Waals surface area (Å²) >= 11 is 0. The van der Waals surface area contributed by atoms with Crippen molar-refractivity contribution in [2.75, 3.05) is 6.61 Å². The fourth-order valence-corrected chi connectivity index (χ4v) is 1.78. The molecule has 0 heterocycles. The van der Waals surface area contributed by atoms with Crippen LogP contribution < -0.4 is 6.15 Å². The largest absolute Gasteiger partial charge is 0.726 e. The lowest BCUT2D eigenvalue weighted by Gasteiger charge is -2.32. The Bertz CT molecular complexity index is 376. The second-order valence-electron chi connectivity index (χ2n) is 4.16. The molecule has 0 aliphatic rings. The monoisotopic (exact) mass is 283 g/mol. The Morgan fingerprint density at radius 3 is 2.39 bits per heavy atom. The lowest BCUT2D eigenvalue weighted by atomic mass is 9.90. The Labute approximate surface area is 108 Å². The molecule has 7 nitrogen and oxygen atoms in total. The molecule has 0 aliphatic heterocycles. The highest BCUT2D eigenvalue weighted by atomic mass is 32.3. The minimum atomic E-state index is -4.75. The second-order valence-corrected chi connectivity index (χ2v) is 5.14. The summed E-state index contributed by atoms with van der Waals surface area (Å²) in [5.41, 5.74) is -1.14. The van der Waals surface area contributed by atoms with Crippen molar-refractivity contribution >= 4 is 16.4 Å². The highest BCUT2D eigenvalue weighted by Gasteiger charge is 2.29. The Kier molecular flexibility index (Phi) is 8.04. The van der Waals surface area contributed by atoms with Gasteiger partial charge in [-0.05, 0) is 26.2 Å². The average molecular weight is 283 g/mol. The van der Waals surface area contributed by atoms with Gasteiger partial charge in [0.25, 0.3) is 0 Å². The molecule has 0 aromatic carbocycles. The molecule has 1 unspecified atom stereocenters. The zero-order chi connectivity index (χ0) is 13.7. The van der Waals surface area contributed by atoms with Gasteiger partial charge in [-0.2, -0.15) is 0 Å². The molecular formula is C10H21NO6S. The predicted molar refractivity (Wildman–Crippen MR) is 65.8 cm³/mol. The van der Waals surface area contributed by atoms with E-state index in [9.17, 15) is 17.8 Å². The summed E-state index contributed by atoms with van der Waals surface area (Å²) in [6, 6.07) is 0. The van der Waals surface area contributed by atoms with Crippen LogP contribution in [0.5, 0.6) is 0 Å². The molecule has 1 atom stereocenters. The van der Waals surface area contributed by atoms with Crippen molar-refractivity contribution < 1.29 is 26.7 Å². The molecule has 0 rings (SSSR count). The molecule has 0 saturated carbocycles. The summed E-state index contributed by atoms with van der Waals surface area (Å²) in [7, 11) is -4.75. The van der Waals surface area contributed by atoms with Crippen LogP contribution in [0.4, 0.5) is 0 Å². The van der Waals surface area contributed by atoms with E-state index in [4.69, 9.17) is 4.74 Å². The van der Waals surface area contributed by atoms with Gasteiger partial charge in [-0.1, -0.05) is 13.5 Å². The molecule has 0 fully saturated rings. The zero-order valence-corrected chi connectivity index (χ0v) is 12.0. The van der Waals surface area contributed by atoms with Gasteiger partial charge in [-0.25, -0.2) is 13.2 Å². The van der Waals surface area contributed by atoms with Crippen molar-refractivity contribution in [1.82, 2.24) is 6.15 Å². The summed E-state index contributed by atoms with van der Waals surface area (Å²) in [6.07, 6.45) is 1.41. The molecule has 0 amide bonds. The summed E-state index contributed by atoms with van der Waals surface area (Å²) in [6.45, 7) is 8.02. The number of quaternary nitrogens is 1. The normalized spacial score (nSPS) is 13.3. The molecule has 0 bridgehead atoms. The van der Waals surface area contributed by atoms with Crippen LogP contribution >= 0.6 is 0 Å². The molecule has 4 N–H and O–H groups in total. The van der Waals surface area contributed by atoms with Crippen LogP contribution in [0.3, 0.4) is 0 Å². The first-order chi connectivity index (χ1) is 7.58. The Morgan fingerprint density at radius 1 is 1.50 bits per heavy atom. The molecule has 8 heteroatoms. The van der Waals surface area contributed by atoms with Crippen molar-refractivity contribution in [3.63, 3.8) is 0 Å². The van der Waals surface area contributed by atoms with Crippen LogP contribution in [-0.2, 0) is 24.1 Å². The average Bonchev–Trinajstić information content (AvgIpc) is 2.13. The van der Waals surface area contributed by atoms with Gasteiger partial charge in [0, 0.05) is 6.08 Å². The van der Waals surface area contributed by atoms with Crippen molar-refractivity contribution in [2.45, 2.75) is 32.8 Å². The maximum atomic E-state index is 10.8. The van der Waals surface area contributed by atoms with Gasteiger partial charge in [-0.15, -0.1) is 0 Å². The number of esters is 1. The van der Waals surface area contributed by atoms with Crippen molar-refractivity contribution in [3.05, 3.63) is 12.7 Å². The van der Waals surface area contributed by atoms with Crippen LogP contribution in [0.25, 0.3) is 0 Å². The van der Waals surface area contributed by atoms with E-state index in [1.165, 1.54) is 13.8 Å². The van der Waals surface area contributed by atoms with E-state index >= 15 is 0 Å². The van der Waals surface area contributed by atoms with E-state index in [0.29, 0.717) is 6.42 Å². The quantitative estimate of drug-likeness (QED) is 0.325. The van der Waals surface area contributed by atoms with Crippen LogP contribution in [0, 0.1) is 5.92 Å². The first kappa shape index (κ1) is 19.4. The first-order valence-corrected chi connectivity index (χ1v) is 6.37. The Morgan fingerprint density at radius 2 is 2.00 bits per heavy atom. The minimum absolute atomic E-state index is 0. The first-order valence-electron chi connectivity index (χ1n) is 5.04.